The SMILES string of the molecule is COC(=O)c1cc2c(OCc3ccccc3)cc(OC)cc2[nH]1. The molecule has 0 aliphatic heterocycles. The predicted octanol–water partition coefficient (Wildman–Crippen LogP) is 3.54. The first-order valence-electron chi connectivity index (χ1n) is 7.17. The lowest BCUT2D eigenvalue weighted by Gasteiger charge is -2.09. The fourth-order valence-corrected chi connectivity index (χ4v) is 2.37. The molecule has 1 heterocycles. The maximum atomic E-state index is 11.7. The number of aromatic nitrogens is 1. The second-order valence-electron chi connectivity index (χ2n) is 5.04. The van der Waals surface area contributed by atoms with Crippen molar-refractivity contribution in [3.8, 4) is 11.5 Å². The maximum absolute atomic E-state index is 11.7. The highest BCUT2D eigenvalue weighted by atomic mass is 16.5. The second kappa shape index (κ2) is 6.44. The van der Waals surface area contributed by atoms with Crippen LogP contribution < -0.4 is 9.47 Å². The lowest BCUT2D eigenvalue weighted by molar-refractivity contribution is 0.0595. The van der Waals surface area contributed by atoms with Gasteiger partial charge in [0.1, 0.15) is 23.8 Å². The number of rotatable bonds is 5. The molecule has 118 valence electrons. The van der Waals surface area contributed by atoms with Gasteiger partial charge in [-0.2, -0.15) is 0 Å². The first-order valence-corrected chi connectivity index (χ1v) is 7.17. The van der Waals surface area contributed by atoms with E-state index in [4.69, 9.17) is 14.2 Å². The molecule has 0 saturated heterocycles. The Balaban J connectivity index is 1.96. The highest BCUT2D eigenvalue weighted by Gasteiger charge is 2.14. The van der Waals surface area contributed by atoms with Crippen LogP contribution in [0.3, 0.4) is 0 Å². The van der Waals surface area contributed by atoms with Gasteiger partial charge < -0.3 is 19.2 Å². The zero-order valence-electron chi connectivity index (χ0n) is 13.0. The van der Waals surface area contributed by atoms with Crippen LogP contribution in [0.2, 0.25) is 0 Å². The lowest BCUT2D eigenvalue weighted by atomic mass is 10.2. The van der Waals surface area contributed by atoms with Crippen LogP contribution in [0.4, 0.5) is 0 Å². The average Bonchev–Trinajstić information content (AvgIpc) is 3.03. The molecule has 0 spiro atoms. The molecule has 0 unspecified atom stereocenters. The molecule has 2 aromatic carbocycles. The number of methoxy groups -OCH3 is 2. The summed E-state index contributed by atoms with van der Waals surface area (Å²) in [6.45, 7) is 0.432. The Morgan fingerprint density at radius 1 is 1.09 bits per heavy atom. The Morgan fingerprint density at radius 2 is 1.87 bits per heavy atom. The maximum Gasteiger partial charge on any atom is 0.354 e. The zero-order chi connectivity index (χ0) is 16.2. The molecule has 0 radical (unpaired) electrons. The van der Waals surface area contributed by atoms with Gasteiger partial charge in [-0.25, -0.2) is 4.79 Å². The Morgan fingerprint density at radius 3 is 2.57 bits per heavy atom. The van der Waals surface area contributed by atoms with Gasteiger partial charge in [0.05, 0.1) is 19.7 Å². The molecule has 0 atom stereocenters. The molecule has 0 amide bonds. The summed E-state index contributed by atoms with van der Waals surface area (Å²) in [6, 6.07) is 15.2. The van der Waals surface area contributed by atoms with E-state index in [2.05, 4.69) is 4.98 Å². The van der Waals surface area contributed by atoms with Crippen molar-refractivity contribution < 1.29 is 19.0 Å². The van der Waals surface area contributed by atoms with E-state index in [0.717, 1.165) is 16.5 Å². The molecule has 0 saturated carbocycles. The smallest absolute Gasteiger partial charge is 0.354 e. The Kier molecular flexibility index (Phi) is 4.19. The van der Waals surface area contributed by atoms with Gasteiger partial charge in [0.2, 0.25) is 0 Å². The fraction of sp³-hybridized carbons (Fsp3) is 0.167. The van der Waals surface area contributed by atoms with E-state index in [0.29, 0.717) is 23.8 Å². The first kappa shape index (κ1) is 15.0. The van der Waals surface area contributed by atoms with E-state index in [1.165, 1.54) is 7.11 Å². The van der Waals surface area contributed by atoms with E-state index in [1.54, 1.807) is 19.2 Å². The topological polar surface area (TPSA) is 60.6 Å². The normalized spacial score (nSPS) is 10.5. The average molecular weight is 311 g/mol. The van der Waals surface area contributed by atoms with Crippen molar-refractivity contribution in [1.29, 1.82) is 0 Å². The predicted molar refractivity (Wildman–Crippen MR) is 87.0 cm³/mol. The Bertz CT molecular complexity index is 824. The van der Waals surface area contributed by atoms with Crippen LogP contribution in [0.25, 0.3) is 10.9 Å². The van der Waals surface area contributed by atoms with Crippen LogP contribution in [0.5, 0.6) is 11.5 Å². The standard InChI is InChI=1S/C18H17NO4/c1-21-13-8-15-14(10-16(19-15)18(20)22-2)17(9-13)23-11-12-6-4-3-5-7-12/h3-10,19H,11H2,1-2H3. The Hall–Kier alpha value is -2.95. The summed E-state index contributed by atoms with van der Waals surface area (Å²) in [6.07, 6.45) is 0. The van der Waals surface area contributed by atoms with Crippen molar-refractivity contribution in [2.75, 3.05) is 14.2 Å². The fourth-order valence-electron chi connectivity index (χ4n) is 2.37. The van der Waals surface area contributed by atoms with Crippen LogP contribution in [0, 0.1) is 0 Å². The number of esters is 1. The van der Waals surface area contributed by atoms with Crippen LogP contribution in [-0.4, -0.2) is 25.2 Å². The van der Waals surface area contributed by atoms with Crippen LogP contribution >= 0.6 is 0 Å². The minimum absolute atomic E-state index is 0.375. The van der Waals surface area contributed by atoms with Gasteiger partial charge in [-0.1, -0.05) is 30.3 Å². The summed E-state index contributed by atoms with van der Waals surface area (Å²) in [5.74, 6) is 0.877. The zero-order valence-corrected chi connectivity index (χ0v) is 13.0. The summed E-state index contributed by atoms with van der Waals surface area (Å²) >= 11 is 0. The minimum atomic E-state index is -0.422. The van der Waals surface area contributed by atoms with Gasteiger partial charge in [0.15, 0.2) is 0 Å². The quantitative estimate of drug-likeness (QED) is 0.732. The molecule has 23 heavy (non-hydrogen) atoms. The number of ether oxygens (including phenoxy) is 3. The third-order valence-corrected chi connectivity index (χ3v) is 3.55. The highest BCUT2D eigenvalue weighted by molar-refractivity contribution is 5.97. The third kappa shape index (κ3) is 3.13. The molecule has 0 fully saturated rings. The highest BCUT2D eigenvalue weighted by Crippen LogP contribution is 2.32. The van der Waals surface area contributed by atoms with Crippen molar-refractivity contribution >= 4 is 16.9 Å². The van der Waals surface area contributed by atoms with Crippen molar-refractivity contribution in [3.63, 3.8) is 0 Å². The number of aromatic amines is 1. The summed E-state index contributed by atoms with van der Waals surface area (Å²) in [7, 11) is 2.94. The van der Waals surface area contributed by atoms with E-state index < -0.39 is 5.97 Å². The van der Waals surface area contributed by atoms with Crippen molar-refractivity contribution in [2.24, 2.45) is 0 Å². The molecule has 1 aromatic heterocycles. The number of benzene rings is 2. The van der Waals surface area contributed by atoms with E-state index >= 15 is 0 Å². The van der Waals surface area contributed by atoms with Gasteiger partial charge in [0, 0.05) is 17.5 Å². The largest absolute Gasteiger partial charge is 0.497 e. The van der Waals surface area contributed by atoms with Crippen molar-refractivity contribution in [3.05, 3.63) is 59.8 Å². The molecule has 5 heteroatoms. The molecule has 0 bridgehead atoms. The molecular weight excluding hydrogens is 294 g/mol. The van der Waals surface area contributed by atoms with Gasteiger partial charge in [-0.15, -0.1) is 0 Å². The monoisotopic (exact) mass is 311 g/mol. The van der Waals surface area contributed by atoms with Gasteiger partial charge in [-0.3, -0.25) is 0 Å². The van der Waals surface area contributed by atoms with E-state index in [-0.39, 0.29) is 0 Å². The summed E-state index contributed by atoms with van der Waals surface area (Å²) < 4.78 is 16.0. The Labute approximate surface area is 133 Å². The van der Waals surface area contributed by atoms with Gasteiger partial charge in [0.25, 0.3) is 0 Å². The minimum Gasteiger partial charge on any atom is -0.497 e. The van der Waals surface area contributed by atoms with E-state index in [1.807, 2.05) is 36.4 Å². The van der Waals surface area contributed by atoms with Crippen LogP contribution in [0.1, 0.15) is 16.1 Å². The number of fused-ring (bicyclic) bond motifs is 1. The number of carbonyl (C=O) groups excluding carboxylic acids is 1. The number of hydrogen-bond acceptors (Lipinski definition) is 4. The second-order valence-corrected chi connectivity index (χ2v) is 5.04. The van der Waals surface area contributed by atoms with Gasteiger partial charge >= 0.3 is 5.97 Å². The molecule has 3 aromatic rings. The lowest BCUT2D eigenvalue weighted by Crippen LogP contribution is -2.00. The van der Waals surface area contributed by atoms with E-state index in [9.17, 15) is 4.79 Å². The molecule has 0 aliphatic carbocycles. The van der Waals surface area contributed by atoms with Crippen LogP contribution in [0.15, 0.2) is 48.5 Å². The van der Waals surface area contributed by atoms with Crippen LogP contribution in [-0.2, 0) is 11.3 Å². The summed E-state index contributed by atoms with van der Waals surface area (Å²) in [5, 5.41) is 0.808. The summed E-state index contributed by atoms with van der Waals surface area (Å²) in [5.41, 5.74) is 2.19. The summed E-state index contributed by atoms with van der Waals surface area (Å²) in [4.78, 5) is 14.7. The molecule has 3 rings (SSSR count). The number of hydrogen-bond donors (Lipinski definition) is 1. The number of carbonyl (C=O) groups is 1. The molecular formula is C18H17NO4. The van der Waals surface area contributed by atoms with Crippen molar-refractivity contribution in [2.45, 2.75) is 6.61 Å². The molecule has 5 nitrogen and oxygen atoms in total. The molecule has 1 N–H and O–H groups in total. The number of H-pyrrole nitrogens is 1. The molecule has 0 aliphatic rings. The first-order chi connectivity index (χ1) is 11.2. The number of nitrogens with one attached hydrogen (secondary N) is 1. The third-order valence-electron chi connectivity index (χ3n) is 3.55. The van der Waals surface area contributed by atoms with Crippen molar-refractivity contribution in [1.82, 2.24) is 4.98 Å². The van der Waals surface area contributed by atoms with Gasteiger partial charge in [-0.05, 0) is 11.6 Å².